The highest BCUT2D eigenvalue weighted by Gasteiger charge is 2.50. The van der Waals surface area contributed by atoms with Crippen molar-refractivity contribution in [3.8, 4) is 5.88 Å². The smallest absolute Gasteiger partial charge is 0.232 e. The predicted molar refractivity (Wildman–Crippen MR) is 77.6 cm³/mol. The van der Waals surface area contributed by atoms with Gasteiger partial charge in [0, 0.05) is 25.2 Å². The summed E-state index contributed by atoms with van der Waals surface area (Å²) < 4.78 is 6.06. The van der Waals surface area contributed by atoms with Gasteiger partial charge in [0.1, 0.15) is 0 Å². The SMILES string of the molecule is COc1nc(N2CC3CNCC3C2(C)C)ncc1Br. The molecule has 0 aromatic carbocycles. The fourth-order valence-electron chi connectivity index (χ4n) is 3.38. The van der Waals surface area contributed by atoms with E-state index in [-0.39, 0.29) is 5.54 Å². The molecule has 3 rings (SSSR count). The number of methoxy groups -OCH3 is 1. The summed E-state index contributed by atoms with van der Waals surface area (Å²) in [7, 11) is 1.63. The van der Waals surface area contributed by atoms with Crippen molar-refractivity contribution >= 4 is 21.9 Å². The number of nitrogens with zero attached hydrogens (tertiary/aromatic N) is 3. The Kier molecular flexibility index (Phi) is 3.17. The third-order valence-electron chi connectivity index (χ3n) is 4.49. The quantitative estimate of drug-likeness (QED) is 0.896. The second-order valence-corrected chi connectivity index (χ2v) is 6.67. The summed E-state index contributed by atoms with van der Waals surface area (Å²) in [4.78, 5) is 11.3. The molecule has 6 heteroatoms. The molecule has 2 atom stereocenters. The van der Waals surface area contributed by atoms with Crippen LogP contribution in [0.2, 0.25) is 0 Å². The third-order valence-corrected chi connectivity index (χ3v) is 5.04. The predicted octanol–water partition coefficient (Wildman–Crippen LogP) is 1.68. The van der Waals surface area contributed by atoms with Gasteiger partial charge in [0.15, 0.2) is 0 Å². The summed E-state index contributed by atoms with van der Waals surface area (Å²) in [6.45, 7) is 7.75. The van der Waals surface area contributed by atoms with Gasteiger partial charge in [-0.3, -0.25) is 0 Å². The molecule has 2 aliphatic rings. The van der Waals surface area contributed by atoms with E-state index < -0.39 is 0 Å². The molecule has 0 bridgehead atoms. The molecule has 0 amide bonds. The van der Waals surface area contributed by atoms with Gasteiger partial charge in [-0.25, -0.2) is 4.98 Å². The molecule has 2 fully saturated rings. The first-order chi connectivity index (χ1) is 9.04. The van der Waals surface area contributed by atoms with E-state index >= 15 is 0 Å². The topological polar surface area (TPSA) is 50.3 Å². The van der Waals surface area contributed by atoms with Crippen molar-refractivity contribution in [1.82, 2.24) is 15.3 Å². The number of hydrogen-bond acceptors (Lipinski definition) is 5. The van der Waals surface area contributed by atoms with Crippen molar-refractivity contribution < 1.29 is 4.74 Å². The molecule has 5 nitrogen and oxygen atoms in total. The van der Waals surface area contributed by atoms with E-state index in [9.17, 15) is 0 Å². The van der Waals surface area contributed by atoms with Crippen LogP contribution in [0.1, 0.15) is 13.8 Å². The molecule has 104 valence electrons. The van der Waals surface area contributed by atoms with Gasteiger partial charge in [0.2, 0.25) is 11.8 Å². The number of halogens is 1. The van der Waals surface area contributed by atoms with Crippen molar-refractivity contribution in [3.63, 3.8) is 0 Å². The molecule has 1 aromatic heterocycles. The maximum atomic E-state index is 5.27. The summed E-state index contributed by atoms with van der Waals surface area (Å²) in [6, 6.07) is 0. The normalized spacial score (nSPS) is 28.5. The van der Waals surface area contributed by atoms with Crippen LogP contribution in [-0.2, 0) is 0 Å². The van der Waals surface area contributed by atoms with E-state index in [0.29, 0.717) is 17.7 Å². The van der Waals surface area contributed by atoms with Gasteiger partial charge in [0.05, 0.1) is 17.8 Å². The minimum Gasteiger partial charge on any atom is -0.480 e. The number of aromatic nitrogens is 2. The zero-order valence-corrected chi connectivity index (χ0v) is 13.1. The average molecular weight is 327 g/mol. The molecule has 0 spiro atoms. The average Bonchev–Trinajstić information content (AvgIpc) is 2.93. The Balaban J connectivity index is 1.94. The van der Waals surface area contributed by atoms with E-state index in [1.165, 1.54) is 0 Å². The molecule has 1 aromatic rings. The largest absolute Gasteiger partial charge is 0.480 e. The molecular weight excluding hydrogens is 308 g/mol. The first-order valence-corrected chi connectivity index (χ1v) is 7.38. The van der Waals surface area contributed by atoms with E-state index in [4.69, 9.17) is 4.74 Å². The molecule has 3 heterocycles. The van der Waals surface area contributed by atoms with E-state index in [2.05, 4.69) is 50.0 Å². The lowest BCUT2D eigenvalue weighted by molar-refractivity contribution is 0.352. The summed E-state index contributed by atoms with van der Waals surface area (Å²) in [5.74, 6) is 2.70. The lowest BCUT2D eigenvalue weighted by atomic mass is 9.85. The maximum absolute atomic E-state index is 5.27. The van der Waals surface area contributed by atoms with Gasteiger partial charge < -0.3 is 15.0 Å². The van der Waals surface area contributed by atoms with E-state index in [1.54, 1.807) is 13.3 Å². The Labute approximate surface area is 121 Å². The summed E-state index contributed by atoms with van der Waals surface area (Å²) in [5, 5.41) is 3.48. The fourth-order valence-corrected chi connectivity index (χ4v) is 3.73. The van der Waals surface area contributed by atoms with Gasteiger partial charge in [-0.05, 0) is 41.6 Å². The molecule has 2 aliphatic heterocycles. The Hall–Kier alpha value is -0.880. The molecule has 0 saturated carbocycles. The Morgan fingerprint density at radius 3 is 2.95 bits per heavy atom. The van der Waals surface area contributed by atoms with Crippen LogP contribution in [0.4, 0.5) is 5.95 Å². The number of ether oxygens (including phenoxy) is 1. The highest BCUT2D eigenvalue weighted by molar-refractivity contribution is 9.10. The molecule has 2 unspecified atom stereocenters. The maximum Gasteiger partial charge on any atom is 0.232 e. The first-order valence-electron chi connectivity index (χ1n) is 6.59. The van der Waals surface area contributed by atoms with Crippen LogP contribution in [-0.4, -0.2) is 42.3 Å². The van der Waals surface area contributed by atoms with Crippen LogP contribution < -0.4 is 15.0 Å². The van der Waals surface area contributed by atoms with Crippen molar-refractivity contribution in [2.75, 3.05) is 31.6 Å². The minimum atomic E-state index is 0.0764. The zero-order chi connectivity index (χ0) is 13.6. The number of anilines is 1. The van der Waals surface area contributed by atoms with Gasteiger partial charge >= 0.3 is 0 Å². The first kappa shape index (κ1) is 13.1. The van der Waals surface area contributed by atoms with Crippen molar-refractivity contribution in [2.45, 2.75) is 19.4 Å². The summed E-state index contributed by atoms with van der Waals surface area (Å²) in [6.07, 6.45) is 1.77. The number of nitrogens with one attached hydrogen (secondary N) is 1. The minimum absolute atomic E-state index is 0.0764. The monoisotopic (exact) mass is 326 g/mol. The lowest BCUT2D eigenvalue weighted by Crippen LogP contribution is -2.45. The highest BCUT2D eigenvalue weighted by Crippen LogP contribution is 2.42. The van der Waals surface area contributed by atoms with Crippen molar-refractivity contribution in [2.24, 2.45) is 11.8 Å². The molecule has 0 aliphatic carbocycles. The molecular formula is C13H19BrN4O. The fraction of sp³-hybridized carbons (Fsp3) is 0.692. The van der Waals surface area contributed by atoms with Gasteiger partial charge in [-0.2, -0.15) is 4.98 Å². The Bertz CT molecular complexity index is 494. The second-order valence-electron chi connectivity index (χ2n) is 5.82. The second kappa shape index (κ2) is 4.59. The van der Waals surface area contributed by atoms with Crippen LogP contribution >= 0.6 is 15.9 Å². The van der Waals surface area contributed by atoms with E-state index in [1.807, 2.05) is 0 Å². The summed E-state index contributed by atoms with van der Waals surface area (Å²) >= 11 is 3.40. The number of hydrogen-bond donors (Lipinski definition) is 1. The lowest BCUT2D eigenvalue weighted by Gasteiger charge is -2.35. The summed E-state index contributed by atoms with van der Waals surface area (Å²) in [5.41, 5.74) is 0.0764. The number of rotatable bonds is 2. The van der Waals surface area contributed by atoms with Crippen molar-refractivity contribution in [3.05, 3.63) is 10.7 Å². The van der Waals surface area contributed by atoms with Crippen LogP contribution in [0.15, 0.2) is 10.7 Å². The van der Waals surface area contributed by atoms with Crippen LogP contribution in [0.5, 0.6) is 5.88 Å². The van der Waals surface area contributed by atoms with Crippen LogP contribution in [0.25, 0.3) is 0 Å². The molecule has 2 saturated heterocycles. The van der Waals surface area contributed by atoms with Crippen LogP contribution in [0, 0.1) is 11.8 Å². The molecule has 1 N–H and O–H groups in total. The zero-order valence-electron chi connectivity index (χ0n) is 11.5. The highest BCUT2D eigenvalue weighted by atomic mass is 79.9. The van der Waals surface area contributed by atoms with Crippen molar-refractivity contribution in [1.29, 1.82) is 0 Å². The third kappa shape index (κ3) is 2.01. The molecule has 19 heavy (non-hydrogen) atoms. The van der Waals surface area contributed by atoms with Crippen LogP contribution in [0.3, 0.4) is 0 Å². The van der Waals surface area contributed by atoms with Gasteiger partial charge in [-0.15, -0.1) is 0 Å². The van der Waals surface area contributed by atoms with Gasteiger partial charge in [-0.1, -0.05) is 0 Å². The van der Waals surface area contributed by atoms with E-state index in [0.717, 1.165) is 30.1 Å². The Morgan fingerprint density at radius 1 is 1.47 bits per heavy atom. The Morgan fingerprint density at radius 2 is 2.26 bits per heavy atom. The number of fused-ring (bicyclic) bond motifs is 1. The van der Waals surface area contributed by atoms with Gasteiger partial charge in [0.25, 0.3) is 0 Å². The standard InChI is InChI=1S/C13H19BrN4O/c1-13(2)9-5-15-4-8(9)7-18(13)12-16-6-10(14)11(17-12)19-3/h6,8-9,15H,4-5,7H2,1-3H3. The molecule has 0 radical (unpaired) electrons.